The van der Waals surface area contributed by atoms with Crippen LogP contribution in [0.15, 0.2) is 84.7 Å². The second-order valence-electron chi connectivity index (χ2n) is 27.5. The van der Waals surface area contributed by atoms with E-state index in [2.05, 4.69) is 109 Å². The van der Waals surface area contributed by atoms with Crippen molar-refractivity contribution >= 4 is 105 Å². The Morgan fingerprint density at radius 2 is 0.920 bits per heavy atom. The normalized spacial score (nSPS) is 14.7. The van der Waals surface area contributed by atoms with Crippen LogP contribution in [0.3, 0.4) is 0 Å². The SMILES string of the molecule is CC[C@H](C)[C@H](NC(=O)[C@H](CCC(=O)O)NC(=O)[C@H](Cc1c[nH]cn1)NC(=O)[C@H](C)Nc1ccc([N+](=O)[O-])c2nonc12)C(=O)N[C@@H](C)C(=O)N[C@@H](Cc1c[nH]cn1)C(=O)N[C@@H](CO)C(=O)N[C@@H](CC(C)C)C(=O)NCC(=O)N[C@@H](CC(C)C)C(=O)N[C@@H](Cc1ccccc1)C(=O)N[C@@H](Cc1c[nH]cn1)C(=O)N[C@@H](C)C(=O)O. The number of carboxylic acids is 2. The minimum Gasteiger partial charge on any atom is -0.481 e. The summed E-state index contributed by atoms with van der Waals surface area (Å²) in [6, 6.07) is -6.60. The van der Waals surface area contributed by atoms with Gasteiger partial charge in [0.1, 0.15) is 72.5 Å². The number of carbonyl (C=O) groups excluding carboxylic acids is 12. The van der Waals surface area contributed by atoms with Crippen molar-refractivity contribution in [2.45, 2.75) is 193 Å². The van der Waals surface area contributed by atoms with Crippen LogP contribution in [0.5, 0.6) is 0 Å². The molecule has 42 nitrogen and oxygen atoms in total. The van der Waals surface area contributed by atoms with Gasteiger partial charge in [-0.25, -0.2) is 19.6 Å². The summed E-state index contributed by atoms with van der Waals surface area (Å²) in [7, 11) is 0. The number of nitro benzene ring substituents is 1. The Bertz CT molecular complexity index is 4220. The summed E-state index contributed by atoms with van der Waals surface area (Å²) >= 11 is 0. The number of aliphatic carboxylic acids is 2. The molecule has 13 atom stereocenters. The molecule has 112 heavy (non-hydrogen) atoms. The van der Waals surface area contributed by atoms with Crippen LogP contribution in [0.4, 0.5) is 11.4 Å². The zero-order chi connectivity index (χ0) is 82.5. The van der Waals surface area contributed by atoms with E-state index in [-0.39, 0.29) is 84.9 Å². The summed E-state index contributed by atoms with van der Waals surface area (Å²) in [6.07, 6.45) is 6.31. The van der Waals surface area contributed by atoms with E-state index in [0.29, 0.717) is 11.3 Å². The fraction of sp³-hybridized carbons (Fsp3) is 0.500. The molecule has 0 fully saturated rings. The highest BCUT2D eigenvalue weighted by Gasteiger charge is 2.38. The second kappa shape index (κ2) is 42.8. The van der Waals surface area contributed by atoms with Gasteiger partial charge in [0.15, 0.2) is 5.52 Å². The highest BCUT2D eigenvalue weighted by Crippen LogP contribution is 2.29. The number of carboxylic acid groups (broad SMARTS) is 2. The third kappa shape index (κ3) is 27.4. The fourth-order valence-electron chi connectivity index (χ4n) is 11.3. The van der Waals surface area contributed by atoms with E-state index in [1.807, 2.05) is 0 Å². The molecule has 0 radical (unpaired) electrons. The first-order valence-corrected chi connectivity index (χ1v) is 35.9. The number of H-pyrrole nitrogens is 3. The van der Waals surface area contributed by atoms with Gasteiger partial charge in [-0.2, -0.15) is 0 Å². The summed E-state index contributed by atoms with van der Waals surface area (Å²) in [5.74, 6) is -15.2. The molecule has 0 aliphatic heterocycles. The molecule has 0 saturated heterocycles. The number of hydrogen-bond donors (Lipinski definition) is 19. The molecule has 2 aromatic carbocycles. The number of nitrogens with one attached hydrogen (secondary N) is 16. The van der Waals surface area contributed by atoms with Gasteiger partial charge in [-0.05, 0) is 79.7 Å². The zero-order valence-corrected chi connectivity index (χ0v) is 62.9. The first kappa shape index (κ1) is 88.1. The first-order chi connectivity index (χ1) is 53.1. The molecule has 0 spiro atoms. The van der Waals surface area contributed by atoms with Gasteiger partial charge < -0.3 is 99.4 Å². The van der Waals surface area contributed by atoms with E-state index >= 15 is 0 Å². The molecule has 0 saturated carbocycles. The lowest BCUT2D eigenvalue weighted by Gasteiger charge is -2.29. The van der Waals surface area contributed by atoms with E-state index in [1.165, 1.54) is 64.4 Å². The number of aromatic nitrogens is 8. The van der Waals surface area contributed by atoms with Crippen molar-refractivity contribution in [3.63, 3.8) is 0 Å². The maximum Gasteiger partial charge on any atom is 0.325 e. The van der Waals surface area contributed by atoms with Crippen molar-refractivity contribution in [2.24, 2.45) is 17.8 Å². The number of nitro groups is 1. The number of rotatable bonds is 46. The largest absolute Gasteiger partial charge is 0.481 e. The Labute approximate surface area is 640 Å². The third-order valence-corrected chi connectivity index (χ3v) is 17.6. The van der Waals surface area contributed by atoms with E-state index < -0.39 is 198 Å². The molecule has 0 unspecified atom stereocenters. The van der Waals surface area contributed by atoms with Crippen LogP contribution in [0.25, 0.3) is 11.0 Å². The van der Waals surface area contributed by atoms with Crippen LogP contribution in [-0.4, -0.2) is 229 Å². The topological polar surface area (TPSA) is 624 Å². The molecule has 6 aromatic rings. The molecular formula is C70H96N22O20. The van der Waals surface area contributed by atoms with Crippen molar-refractivity contribution in [1.82, 2.24) is 104 Å². The number of fused-ring (bicyclic) bond motifs is 1. The van der Waals surface area contributed by atoms with Gasteiger partial charge in [0, 0.05) is 56.8 Å². The van der Waals surface area contributed by atoms with Gasteiger partial charge in [0.2, 0.25) is 76.4 Å². The summed E-state index contributed by atoms with van der Waals surface area (Å²) in [4.78, 5) is 224. The average Bonchev–Trinajstić information content (AvgIpc) is 1.62. The number of benzene rings is 2. The van der Waals surface area contributed by atoms with Gasteiger partial charge in [0.25, 0.3) is 0 Å². The fourth-order valence-corrected chi connectivity index (χ4v) is 11.3. The minimum atomic E-state index is -1.80. The Balaban J connectivity index is 1.09. The summed E-state index contributed by atoms with van der Waals surface area (Å²) < 4.78 is 4.71. The predicted octanol–water partition coefficient (Wildman–Crippen LogP) is -2.36. The number of nitrogens with zero attached hydrogens (tertiary/aromatic N) is 6. The number of carbonyl (C=O) groups is 14. The van der Waals surface area contributed by atoms with Crippen LogP contribution in [0.1, 0.15) is 117 Å². The van der Waals surface area contributed by atoms with Crippen LogP contribution in [0, 0.1) is 27.9 Å². The number of aliphatic hydroxyl groups is 1. The average molecular weight is 1570 g/mol. The van der Waals surface area contributed by atoms with Crippen LogP contribution < -0.4 is 69.1 Å². The predicted molar refractivity (Wildman–Crippen MR) is 394 cm³/mol. The Morgan fingerprint density at radius 3 is 1.40 bits per heavy atom. The molecule has 12 amide bonds. The van der Waals surface area contributed by atoms with Gasteiger partial charge >= 0.3 is 17.6 Å². The molecule has 4 heterocycles. The maximum atomic E-state index is 14.3. The van der Waals surface area contributed by atoms with Crippen molar-refractivity contribution in [2.75, 3.05) is 18.5 Å². The lowest BCUT2D eigenvalue weighted by Crippen LogP contribution is -2.61. The van der Waals surface area contributed by atoms with Crippen LogP contribution >= 0.6 is 0 Å². The standard InChI is InChI=1S/C70H96N22O20/c1-10-36(6)56(89-62(100)45(17-19-55(95)96)82-66(104)50(24-42-27-72-32-76-42)83-59(97)37(7)78-44-16-18-53(92(110)111)58-57(44)90-112-91-58)69(107)79-38(8)60(98)84-51(25-43-28-73-33-77-43)67(105)88-52(30-93)68(106)85-46(20-34(2)3)61(99)74-29-54(94)81-47(21-35(4)5)64(102)86-48(22-40-14-12-11-13-15-40)65(103)87-49(23-41-26-71-31-75-41)63(101)80-39(9)70(108)109/h11-16,18,26-28,31-39,45-52,56,78,93H,10,17,19-25,29-30H2,1-9H3,(H,71,75)(H,72,76)(H,73,77)(H,74,99)(H,79,107)(H,80,101)(H,81,94)(H,82,104)(H,83,97)(H,84,98)(H,85,106)(H,86,102)(H,87,103)(H,88,105)(H,89,100)(H,95,96)(H,108,109)/t36-,37-,38-,39-,45-,46-,47-,48-,49-,50-,51-,52-,56-/m0/s1. The number of aliphatic hydroxyl groups excluding tert-OH is 1. The zero-order valence-electron chi connectivity index (χ0n) is 62.9. The maximum absolute atomic E-state index is 14.3. The number of amides is 12. The van der Waals surface area contributed by atoms with Crippen molar-refractivity contribution < 1.29 is 92.0 Å². The Kier molecular flexibility index (Phi) is 33.7. The lowest BCUT2D eigenvalue weighted by atomic mass is 9.97. The number of anilines is 1. The molecule has 4 aromatic heterocycles. The van der Waals surface area contributed by atoms with E-state index in [9.17, 15) is 92.6 Å². The van der Waals surface area contributed by atoms with Gasteiger partial charge in [-0.15, -0.1) is 0 Å². The summed E-state index contributed by atoms with van der Waals surface area (Å²) in [6.45, 7) is 12.3. The summed E-state index contributed by atoms with van der Waals surface area (Å²) in [5.41, 5.74) is 0.820. The monoisotopic (exact) mass is 1560 g/mol. The van der Waals surface area contributed by atoms with E-state index in [0.717, 1.165) is 6.07 Å². The molecule has 6 rings (SSSR count). The Morgan fingerprint density at radius 1 is 0.482 bits per heavy atom. The van der Waals surface area contributed by atoms with Gasteiger partial charge in [-0.3, -0.25) is 77.2 Å². The smallest absolute Gasteiger partial charge is 0.325 e. The Hall–Kier alpha value is -12.8. The molecule has 606 valence electrons. The number of aromatic amines is 3. The molecule has 0 bridgehead atoms. The molecule has 42 heteroatoms. The highest BCUT2D eigenvalue weighted by molar-refractivity contribution is 6.01. The number of imidazole rings is 3. The quantitative estimate of drug-likeness (QED) is 0.0140. The van der Waals surface area contributed by atoms with Gasteiger partial charge in [-0.1, -0.05) is 78.3 Å². The van der Waals surface area contributed by atoms with Crippen molar-refractivity contribution in [3.05, 3.63) is 113 Å². The minimum absolute atomic E-state index is 0.0214. The molecule has 19 N–H and O–H groups in total. The molecular weight excluding hydrogens is 1470 g/mol. The molecule has 0 aliphatic carbocycles. The number of hydrogen-bond acceptors (Lipinski definition) is 24. The van der Waals surface area contributed by atoms with E-state index in [4.69, 9.17) is 4.63 Å². The van der Waals surface area contributed by atoms with Crippen LogP contribution in [-0.2, 0) is 92.8 Å². The highest BCUT2D eigenvalue weighted by atomic mass is 16.6. The van der Waals surface area contributed by atoms with Gasteiger partial charge in [0.05, 0.1) is 59.8 Å². The van der Waals surface area contributed by atoms with Crippen molar-refractivity contribution in [1.29, 1.82) is 0 Å². The van der Waals surface area contributed by atoms with E-state index in [1.54, 1.807) is 71.9 Å². The number of non-ortho nitro benzene ring substituents is 1. The summed E-state index contributed by atoms with van der Waals surface area (Å²) in [5, 5.41) is 81.7. The third-order valence-electron chi connectivity index (χ3n) is 17.6. The molecule has 0 aliphatic rings. The lowest BCUT2D eigenvalue weighted by molar-refractivity contribution is -0.383. The van der Waals surface area contributed by atoms with Crippen LogP contribution in [0.2, 0.25) is 0 Å². The van der Waals surface area contributed by atoms with Crippen molar-refractivity contribution in [3.8, 4) is 0 Å². The second-order valence-corrected chi connectivity index (χ2v) is 27.5. The first-order valence-electron chi connectivity index (χ1n) is 35.9.